The van der Waals surface area contributed by atoms with Gasteiger partial charge in [0.15, 0.2) is 0 Å². The Morgan fingerprint density at radius 3 is 2.83 bits per heavy atom. The van der Waals surface area contributed by atoms with Gasteiger partial charge in [0.2, 0.25) is 0 Å². The molecule has 1 aromatic rings. The predicted molar refractivity (Wildman–Crippen MR) is 79.2 cm³/mol. The fraction of sp³-hybridized carbons (Fsp3) is 0.625. The Balaban J connectivity index is 2.06. The first kappa shape index (κ1) is 13.9. The number of hydrogen-bond acceptors (Lipinski definition) is 1. The van der Waals surface area contributed by atoms with Gasteiger partial charge in [-0.2, -0.15) is 0 Å². The quantitative estimate of drug-likeness (QED) is 0.741. The van der Waals surface area contributed by atoms with E-state index in [0.717, 1.165) is 17.5 Å². The van der Waals surface area contributed by atoms with Crippen LogP contribution in [0.5, 0.6) is 0 Å². The lowest BCUT2D eigenvalue weighted by atomic mass is 9.96. The SMILES string of the molecule is CCCNC(CCC1CC1)c1cc(Cl)ccc1C. The second kappa shape index (κ2) is 6.58. The highest BCUT2D eigenvalue weighted by Crippen LogP contribution is 2.36. The summed E-state index contributed by atoms with van der Waals surface area (Å²) in [4.78, 5) is 0. The molecule has 2 heteroatoms. The van der Waals surface area contributed by atoms with Gasteiger partial charge in [-0.15, -0.1) is 0 Å². The third-order valence-corrected chi connectivity index (χ3v) is 4.05. The summed E-state index contributed by atoms with van der Waals surface area (Å²) in [6.45, 7) is 5.49. The van der Waals surface area contributed by atoms with Gasteiger partial charge in [-0.3, -0.25) is 0 Å². The van der Waals surface area contributed by atoms with Crippen LogP contribution in [-0.2, 0) is 0 Å². The van der Waals surface area contributed by atoms with Crippen molar-refractivity contribution in [1.29, 1.82) is 0 Å². The molecule has 0 spiro atoms. The first-order chi connectivity index (χ1) is 8.70. The van der Waals surface area contributed by atoms with Crippen LogP contribution in [-0.4, -0.2) is 6.54 Å². The van der Waals surface area contributed by atoms with E-state index >= 15 is 0 Å². The second-order valence-corrected chi connectivity index (χ2v) is 5.96. The maximum atomic E-state index is 6.14. The first-order valence-corrected chi connectivity index (χ1v) is 7.58. The molecule has 18 heavy (non-hydrogen) atoms. The van der Waals surface area contributed by atoms with Crippen LogP contribution in [0, 0.1) is 12.8 Å². The molecule has 1 aliphatic carbocycles. The van der Waals surface area contributed by atoms with Crippen molar-refractivity contribution in [2.24, 2.45) is 5.92 Å². The van der Waals surface area contributed by atoms with Crippen molar-refractivity contribution in [3.63, 3.8) is 0 Å². The smallest absolute Gasteiger partial charge is 0.0409 e. The van der Waals surface area contributed by atoms with E-state index in [1.807, 2.05) is 6.07 Å². The summed E-state index contributed by atoms with van der Waals surface area (Å²) >= 11 is 6.14. The van der Waals surface area contributed by atoms with Gasteiger partial charge in [0.05, 0.1) is 0 Å². The van der Waals surface area contributed by atoms with Crippen molar-refractivity contribution in [3.8, 4) is 0 Å². The molecule has 0 bridgehead atoms. The van der Waals surface area contributed by atoms with Gasteiger partial charge in [-0.1, -0.05) is 37.4 Å². The molecule has 0 saturated heterocycles. The number of rotatable bonds is 7. The molecular weight excluding hydrogens is 242 g/mol. The van der Waals surface area contributed by atoms with Crippen molar-refractivity contribution in [3.05, 3.63) is 34.3 Å². The Labute approximate surface area is 116 Å². The molecule has 0 aliphatic heterocycles. The Bertz CT molecular complexity index is 385. The van der Waals surface area contributed by atoms with E-state index in [2.05, 4.69) is 31.3 Å². The molecule has 1 fully saturated rings. The molecular formula is C16H24ClN. The van der Waals surface area contributed by atoms with Crippen molar-refractivity contribution in [2.45, 2.75) is 52.0 Å². The summed E-state index contributed by atoms with van der Waals surface area (Å²) in [7, 11) is 0. The van der Waals surface area contributed by atoms with Crippen LogP contribution in [0.3, 0.4) is 0 Å². The maximum absolute atomic E-state index is 6.14. The minimum atomic E-state index is 0.476. The second-order valence-electron chi connectivity index (χ2n) is 5.53. The van der Waals surface area contributed by atoms with Crippen LogP contribution in [0.15, 0.2) is 18.2 Å². The molecule has 100 valence electrons. The zero-order chi connectivity index (χ0) is 13.0. The molecule has 1 aromatic carbocycles. The first-order valence-electron chi connectivity index (χ1n) is 7.20. The fourth-order valence-corrected chi connectivity index (χ4v) is 2.66. The van der Waals surface area contributed by atoms with E-state index in [1.165, 1.54) is 43.2 Å². The zero-order valence-corrected chi connectivity index (χ0v) is 12.3. The Hall–Kier alpha value is -0.530. The molecule has 1 N–H and O–H groups in total. The van der Waals surface area contributed by atoms with E-state index < -0.39 is 0 Å². The number of hydrogen-bond donors (Lipinski definition) is 1. The number of aryl methyl sites for hydroxylation is 1. The molecule has 1 saturated carbocycles. The lowest BCUT2D eigenvalue weighted by molar-refractivity contribution is 0.468. The Kier molecular flexibility index (Phi) is 5.08. The molecule has 1 aliphatic rings. The highest BCUT2D eigenvalue weighted by Gasteiger charge is 2.23. The van der Waals surface area contributed by atoms with Crippen molar-refractivity contribution < 1.29 is 0 Å². The third-order valence-electron chi connectivity index (χ3n) is 3.82. The molecule has 1 nitrogen and oxygen atoms in total. The monoisotopic (exact) mass is 265 g/mol. The van der Waals surface area contributed by atoms with E-state index in [-0.39, 0.29) is 0 Å². The summed E-state index contributed by atoms with van der Waals surface area (Å²) in [6, 6.07) is 6.73. The van der Waals surface area contributed by atoms with Gasteiger partial charge >= 0.3 is 0 Å². The molecule has 1 unspecified atom stereocenters. The molecule has 0 amide bonds. The molecule has 0 aromatic heterocycles. The normalized spacial score (nSPS) is 16.8. The number of benzene rings is 1. The van der Waals surface area contributed by atoms with Crippen molar-refractivity contribution >= 4 is 11.6 Å². The van der Waals surface area contributed by atoms with E-state index in [9.17, 15) is 0 Å². The van der Waals surface area contributed by atoms with Gasteiger partial charge in [-0.05, 0) is 61.9 Å². The zero-order valence-electron chi connectivity index (χ0n) is 11.5. The van der Waals surface area contributed by atoms with Crippen molar-refractivity contribution in [2.75, 3.05) is 6.54 Å². The lowest BCUT2D eigenvalue weighted by Gasteiger charge is -2.21. The maximum Gasteiger partial charge on any atom is 0.0409 e. The van der Waals surface area contributed by atoms with E-state index in [0.29, 0.717) is 6.04 Å². The minimum absolute atomic E-state index is 0.476. The van der Waals surface area contributed by atoms with E-state index in [4.69, 9.17) is 11.6 Å². The van der Waals surface area contributed by atoms with Crippen LogP contribution < -0.4 is 5.32 Å². The molecule has 1 atom stereocenters. The van der Waals surface area contributed by atoms with Gasteiger partial charge in [0.1, 0.15) is 0 Å². The number of halogens is 1. The standard InChI is InChI=1S/C16H24ClN/c1-3-10-18-16(9-7-13-5-6-13)15-11-14(17)8-4-12(15)2/h4,8,11,13,16,18H,3,5-7,9-10H2,1-2H3. The van der Waals surface area contributed by atoms with Crippen LogP contribution in [0.2, 0.25) is 5.02 Å². The topological polar surface area (TPSA) is 12.0 Å². The molecule has 2 rings (SSSR count). The summed E-state index contributed by atoms with van der Waals surface area (Å²) in [5.74, 6) is 0.996. The largest absolute Gasteiger partial charge is 0.310 e. The lowest BCUT2D eigenvalue weighted by Crippen LogP contribution is -2.23. The van der Waals surface area contributed by atoms with Gasteiger partial charge < -0.3 is 5.32 Å². The van der Waals surface area contributed by atoms with Crippen LogP contribution in [0.4, 0.5) is 0 Å². The highest BCUT2D eigenvalue weighted by molar-refractivity contribution is 6.30. The summed E-state index contributed by atoms with van der Waals surface area (Å²) in [5, 5.41) is 4.53. The summed E-state index contributed by atoms with van der Waals surface area (Å²) in [5.41, 5.74) is 2.74. The average molecular weight is 266 g/mol. The van der Waals surface area contributed by atoms with Crippen molar-refractivity contribution in [1.82, 2.24) is 5.32 Å². The third kappa shape index (κ3) is 4.00. The summed E-state index contributed by atoms with van der Waals surface area (Å²) < 4.78 is 0. The average Bonchev–Trinajstić information content (AvgIpc) is 3.17. The van der Waals surface area contributed by atoms with Gasteiger partial charge in [0.25, 0.3) is 0 Å². The van der Waals surface area contributed by atoms with E-state index in [1.54, 1.807) is 0 Å². The molecule has 0 radical (unpaired) electrons. The highest BCUT2D eigenvalue weighted by atomic mass is 35.5. The minimum Gasteiger partial charge on any atom is -0.310 e. The predicted octanol–water partition coefficient (Wildman–Crippen LogP) is 4.88. The van der Waals surface area contributed by atoms with Crippen LogP contribution in [0.1, 0.15) is 56.2 Å². The molecule has 0 heterocycles. The fourth-order valence-electron chi connectivity index (χ4n) is 2.48. The van der Waals surface area contributed by atoms with Crippen LogP contribution in [0.25, 0.3) is 0 Å². The Morgan fingerprint density at radius 1 is 1.39 bits per heavy atom. The van der Waals surface area contributed by atoms with Gasteiger partial charge in [0, 0.05) is 11.1 Å². The van der Waals surface area contributed by atoms with Crippen LogP contribution >= 0.6 is 11.6 Å². The number of nitrogens with one attached hydrogen (secondary N) is 1. The summed E-state index contributed by atoms with van der Waals surface area (Å²) in [6.07, 6.45) is 6.66. The van der Waals surface area contributed by atoms with Gasteiger partial charge in [-0.25, -0.2) is 0 Å². The Morgan fingerprint density at radius 2 is 2.17 bits per heavy atom.